The van der Waals surface area contributed by atoms with Crippen LogP contribution < -0.4 is 5.32 Å². The summed E-state index contributed by atoms with van der Waals surface area (Å²) in [4.78, 5) is 14.4. The van der Waals surface area contributed by atoms with Crippen LogP contribution in [0, 0.1) is 5.92 Å². The van der Waals surface area contributed by atoms with Crippen LogP contribution in [-0.4, -0.2) is 45.3 Å². The Morgan fingerprint density at radius 2 is 2.00 bits per heavy atom. The van der Waals surface area contributed by atoms with Crippen molar-refractivity contribution >= 4 is 16.7 Å². The fourth-order valence-electron chi connectivity index (χ4n) is 2.80. The fourth-order valence-corrected chi connectivity index (χ4v) is 3.64. The minimum Gasteiger partial charge on any atom is -0.322 e. The van der Waals surface area contributed by atoms with E-state index in [0.717, 1.165) is 19.3 Å². The van der Waals surface area contributed by atoms with Gasteiger partial charge in [-0.25, -0.2) is 0 Å². The average molecular weight is 288 g/mol. The third-order valence-corrected chi connectivity index (χ3v) is 4.45. The van der Waals surface area contributed by atoms with Gasteiger partial charge in [0, 0.05) is 28.9 Å². The molecule has 1 amide bonds. The standard InChI is InChI=1S/C14H28N2O2S/c1-6-7-13-15-12(8-10(2)3)14(17)16(13)11(4)9-19(5)18/h10-13,15H,6-9H2,1-5H3. The Labute approximate surface area is 119 Å². The second-order valence-corrected chi connectivity index (χ2v) is 7.47. The average Bonchev–Trinajstić information content (AvgIpc) is 2.54. The van der Waals surface area contributed by atoms with E-state index in [4.69, 9.17) is 0 Å². The highest BCUT2D eigenvalue weighted by Gasteiger charge is 2.40. The maximum atomic E-state index is 12.5. The molecule has 0 aliphatic carbocycles. The molecular weight excluding hydrogens is 260 g/mol. The number of nitrogens with one attached hydrogen (secondary N) is 1. The van der Waals surface area contributed by atoms with Crippen molar-refractivity contribution in [1.82, 2.24) is 10.2 Å². The van der Waals surface area contributed by atoms with Gasteiger partial charge < -0.3 is 4.90 Å². The SMILES string of the molecule is CCCC1NC(CC(C)C)C(=O)N1C(C)CS(C)=O. The number of hydrogen-bond acceptors (Lipinski definition) is 3. The largest absolute Gasteiger partial charge is 0.322 e. The number of carbonyl (C=O) groups excluding carboxylic acids is 1. The van der Waals surface area contributed by atoms with E-state index in [1.165, 1.54) is 0 Å². The van der Waals surface area contributed by atoms with Gasteiger partial charge in [0.2, 0.25) is 5.91 Å². The van der Waals surface area contributed by atoms with Crippen LogP contribution in [0.5, 0.6) is 0 Å². The molecule has 0 saturated carbocycles. The van der Waals surface area contributed by atoms with Gasteiger partial charge in [-0.15, -0.1) is 0 Å². The highest BCUT2D eigenvalue weighted by molar-refractivity contribution is 7.84. The molecule has 1 heterocycles. The van der Waals surface area contributed by atoms with E-state index in [1.807, 2.05) is 11.8 Å². The first-order valence-electron chi connectivity index (χ1n) is 7.25. The molecule has 0 radical (unpaired) electrons. The molecule has 1 rings (SSSR count). The number of amides is 1. The summed E-state index contributed by atoms with van der Waals surface area (Å²) in [6.07, 6.45) is 4.68. The third kappa shape index (κ3) is 4.56. The van der Waals surface area contributed by atoms with Crippen LogP contribution in [0.3, 0.4) is 0 Å². The molecule has 0 bridgehead atoms. The Morgan fingerprint density at radius 3 is 2.47 bits per heavy atom. The quantitative estimate of drug-likeness (QED) is 0.776. The summed E-state index contributed by atoms with van der Waals surface area (Å²) >= 11 is 0. The van der Waals surface area contributed by atoms with Gasteiger partial charge in [-0.1, -0.05) is 27.2 Å². The maximum absolute atomic E-state index is 12.5. The van der Waals surface area contributed by atoms with Crippen molar-refractivity contribution in [1.29, 1.82) is 0 Å². The van der Waals surface area contributed by atoms with E-state index in [2.05, 4.69) is 26.1 Å². The van der Waals surface area contributed by atoms with Gasteiger partial charge in [0.1, 0.15) is 0 Å². The van der Waals surface area contributed by atoms with Gasteiger partial charge in [0.25, 0.3) is 0 Å². The van der Waals surface area contributed by atoms with Gasteiger partial charge in [0.15, 0.2) is 0 Å². The number of carbonyl (C=O) groups is 1. The highest BCUT2D eigenvalue weighted by Crippen LogP contribution is 2.22. The summed E-state index contributed by atoms with van der Waals surface area (Å²) in [6.45, 7) is 8.40. The molecule has 1 N–H and O–H groups in total. The molecule has 4 nitrogen and oxygen atoms in total. The van der Waals surface area contributed by atoms with Crippen molar-refractivity contribution in [2.75, 3.05) is 12.0 Å². The molecule has 1 saturated heterocycles. The zero-order valence-corrected chi connectivity index (χ0v) is 13.6. The van der Waals surface area contributed by atoms with E-state index < -0.39 is 10.8 Å². The fraction of sp³-hybridized carbons (Fsp3) is 0.929. The second-order valence-electron chi connectivity index (χ2n) is 5.99. The van der Waals surface area contributed by atoms with E-state index in [1.54, 1.807) is 6.26 Å². The van der Waals surface area contributed by atoms with Crippen molar-refractivity contribution in [2.45, 2.75) is 65.2 Å². The maximum Gasteiger partial charge on any atom is 0.241 e. The lowest BCUT2D eigenvalue weighted by molar-refractivity contribution is -0.131. The molecule has 4 unspecified atom stereocenters. The smallest absolute Gasteiger partial charge is 0.241 e. The lowest BCUT2D eigenvalue weighted by Gasteiger charge is -2.29. The molecular formula is C14H28N2O2S. The first-order chi connectivity index (χ1) is 8.86. The Bertz CT molecular complexity index is 333. The first kappa shape index (κ1) is 16.6. The van der Waals surface area contributed by atoms with Crippen LogP contribution in [0.2, 0.25) is 0 Å². The molecule has 5 heteroatoms. The zero-order chi connectivity index (χ0) is 14.6. The van der Waals surface area contributed by atoms with E-state index in [0.29, 0.717) is 11.7 Å². The van der Waals surface area contributed by atoms with Crippen LogP contribution in [0.15, 0.2) is 0 Å². The molecule has 1 fully saturated rings. The van der Waals surface area contributed by atoms with Crippen LogP contribution in [0.1, 0.15) is 47.0 Å². The summed E-state index contributed by atoms with van der Waals surface area (Å²) < 4.78 is 11.4. The molecule has 0 aromatic carbocycles. The summed E-state index contributed by atoms with van der Waals surface area (Å²) in [7, 11) is -0.869. The van der Waals surface area contributed by atoms with Gasteiger partial charge >= 0.3 is 0 Å². The minimum atomic E-state index is -0.869. The van der Waals surface area contributed by atoms with Crippen molar-refractivity contribution in [2.24, 2.45) is 5.92 Å². The summed E-state index contributed by atoms with van der Waals surface area (Å²) in [5.74, 6) is 1.24. The Balaban J connectivity index is 2.78. The number of hydrogen-bond donors (Lipinski definition) is 1. The zero-order valence-electron chi connectivity index (χ0n) is 12.8. The van der Waals surface area contributed by atoms with E-state index in [9.17, 15) is 9.00 Å². The summed E-state index contributed by atoms with van der Waals surface area (Å²) in [5, 5.41) is 3.45. The third-order valence-electron chi connectivity index (χ3n) is 3.50. The van der Waals surface area contributed by atoms with Gasteiger partial charge in [0.05, 0.1) is 12.2 Å². The van der Waals surface area contributed by atoms with E-state index >= 15 is 0 Å². The molecule has 1 aliphatic rings. The van der Waals surface area contributed by atoms with Crippen molar-refractivity contribution in [3.05, 3.63) is 0 Å². The normalized spacial score (nSPS) is 27.1. The van der Waals surface area contributed by atoms with Crippen LogP contribution in [0.4, 0.5) is 0 Å². The topological polar surface area (TPSA) is 49.4 Å². The first-order valence-corrected chi connectivity index (χ1v) is 8.97. The Hall–Kier alpha value is -0.420. The van der Waals surface area contributed by atoms with Crippen molar-refractivity contribution in [3.63, 3.8) is 0 Å². The monoisotopic (exact) mass is 288 g/mol. The Morgan fingerprint density at radius 1 is 1.37 bits per heavy atom. The van der Waals surface area contributed by atoms with Crippen molar-refractivity contribution in [3.8, 4) is 0 Å². The summed E-state index contributed by atoms with van der Waals surface area (Å²) in [6, 6.07) is -0.0242. The second kappa shape index (κ2) is 7.39. The number of rotatable bonds is 7. The van der Waals surface area contributed by atoms with Crippen LogP contribution in [0.25, 0.3) is 0 Å². The van der Waals surface area contributed by atoms with Crippen LogP contribution in [-0.2, 0) is 15.6 Å². The van der Waals surface area contributed by atoms with Gasteiger partial charge in [-0.05, 0) is 25.7 Å². The molecule has 0 aromatic rings. The molecule has 19 heavy (non-hydrogen) atoms. The van der Waals surface area contributed by atoms with Gasteiger partial charge in [-0.2, -0.15) is 0 Å². The lowest BCUT2D eigenvalue weighted by Crippen LogP contribution is -2.45. The minimum absolute atomic E-state index is 0.0412. The molecule has 112 valence electrons. The summed E-state index contributed by atoms with van der Waals surface area (Å²) in [5.41, 5.74) is 0. The lowest BCUT2D eigenvalue weighted by atomic mass is 10.0. The predicted octanol–water partition coefficient (Wildman–Crippen LogP) is 1.73. The molecule has 0 spiro atoms. The molecule has 4 atom stereocenters. The van der Waals surface area contributed by atoms with Crippen LogP contribution >= 0.6 is 0 Å². The predicted molar refractivity (Wildman–Crippen MR) is 80.3 cm³/mol. The molecule has 0 aromatic heterocycles. The number of nitrogens with zero attached hydrogens (tertiary/aromatic N) is 1. The van der Waals surface area contributed by atoms with E-state index in [-0.39, 0.29) is 24.2 Å². The van der Waals surface area contributed by atoms with Crippen molar-refractivity contribution < 1.29 is 9.00 Å². The highest BCUT2D eigenvalue weighted by atomic mass is 32.2. The Kier molecular flexibility index (Phi) is 6.47. The molecule has 1 aliphatic heterocycles. The van der Waals surface area contributed by atoms with Gasteiger partial charge in [-0.3, -0.25) is 14.3 Å².